The molecule has 122 valence electrons. The van der Waals surface area contributed by atoms with Gasteiger partial charge in [0.25, 0.3) is 0 Å². The lowest BCUT2D eigenvalue weighted by atomic mass is 9.89. The van der Waals surface area contributed by atoms with Crippen LogP contribution < -0.4 is 0 Å². The van der Waals surface area contributed by atoms with Crippen LogP contribution >= 0.6 is 0 Å². The molecule has 0 aromatic heterocycles. The molecule has 21 heavy (non-hydrogen) atoms. The van der Waals surface area contributed by atoms with Crippen molar-refractivity contribution in [1.82, 2.24) is 9.80 Å². The number of hydrogen-bond donors (Lipinski definition) is 1. The number of ether oxygens (including phenoxy) is 1. The van der Waals surface area contributed by atoms with Crippen molar-refractivity contribution in [3.8, 4) is 0 Å². The van der Waals surface area contributed by atoms with Gasteiger partial charge >= 0.3 is 0 Å². The number of hydrogen-bond acceptors (Lipinski definition) is 4. The summed E-state index contributed by atoms with van der Waals surface area (Å²) < 4.78 is 5.38. The SMILES string of the molecule is OC(CN1CCOCC1)CN(CC1CCCCC1)C1CC1. The monoisotopic (exact) mass is 296 g/mol. The van der Waals surface area contributed by atoms with Gasteiger partial charge in [0.2, 0.25) is 0 Å². The van der Waals surface area contributed by atoms with Crippen molar-refractivity contribution in [2.75, 3.05) is 45.9 Å². The van der Waals surface area contributed by atoms with Gasteiger partial charge in [-0.3, -0.25) is 9.80 Å². The zero-order valence-electron chi connectivity index (χ0n) is 13.4. The van der Waals surface area contributed by atoms with Crippen LogP contribution in [0, 0.1) is 5.92 Å². The molecule has 1 heterocycles. The lowest BCUT2D eigenvalue weighted by molar-refractivity contribution is 0.00445. The average molecular weight is 296 g/mol. The van der Waals surface area contributed by atoms with E-state index in [1.165, 1.54) is 51.5 Å². The Balaban J connectivity index is 1.42. The van der Waals surface area contributed by atoms with E-state index in [0.717, 1.165) is 51.4 Å². The van der Waals surface area contributed by atoms with Crippen molar-refractivity contribution in [2.45, 2.75) is 57.1 Å². The number of β-amino-alcohol motifs (C(OH)–C–C–N with tert-alkyl or cyclic N) is 1. The van der Waals surface area contributed by atoms with Gasteiger partial charge in [0.15, 0.2) is 0 Å². The Labute approximate surface area is 129 Å². The molecule has 3 aliphatic rings. The van der Waals surface area contributed by atoms with E-state index in [-0.39, 0.29) is 6.10 Å². The summed E-state index contributed by atoms with van der Waals surface area (Å²) in [5.74, 6) is 0.884. The molecule has 0 aromatic carbocycles. The third-order valence-electron chi connectivity index (χ3n) is 5.30. The van der Waals surface area contributed by atoms with E-state index in [1.807, 2.05) is 0 Å². The molecule has 1 aliphatic heterocycles. The summed E-state index contributed by atoms with van der Waals surface area (Å²) in [7, 11) is 0. The highest BCUT2D eigenvalue weighted by molar-refractivity contribution is 4.88. The molecule has 3 rings (SSSR count). The molecule has 0 bridgehead atoms. The Morgan fingerprint density at radius 1 is 1.05 bits per heavy atom. The smallest absolute Gasteiger partial charge is 0.0793 e. The van der Waals surface area contributed by atoms with Crippen LogP contribution in [0.4, 0.5) is 0 Å². The zero-order chi connectivity index (χ0) is 14.5. The summed E-state index contributed by atoms with van der Waals surface area (Å²) >= 11 is 0. The van der Waals surface area contributed by atoms with Gasteiger partial charge in [-0.25, -0.2) is 0 Å². The van der Waals surface area contributed by atoms with E-state index in [4.69, 9.17) is 4.74 Å². The van der Waals surface area contributed by atoms with Crippen molar-refractivity contribution in [2.24, 2.45) is 5.92 Å². The van der Waals surface area contributed by atoms with Crippen molar-refractivity contribution >= 4 is 0 Å². The van der Waals surface area contributed by atoms with Crippen molar-refractivity contribution in [3.63, 3.8) is 0 Å². The summed E-state index contributed by atoms with van der Waals surface area (Å²) in [4.78, 5) is 4.95. The number of nitrogens with zero attached hydrogens (tertiary/aromatic N) is 2. The normalized spacial score (nSPS) is 27.1. The Morgan fingerprint density at radius 3 is 2.43 bits per heavy atom. The Kier molecular flexibility index (Phi) is 5.92. The molecule has 2 saturated carbocycles. The van der Waals surface area contributed by atoms with Gasteiger partial charge in [-0.15, -0.1) is 0 Å². The van der Waals surface area contributed by atoms with Crippen LogP contribution in [0.5, 0.6) is 0 Å². The highest BCUT2D eigenvalue weighted by Crippen LogP contribution is 2.31. The highest BCUT2D eigenvalue weighted by atomic mass is 16.5. The minimum atomic E-state index is -0.202. The van der Waals surface area contributed by atoms with Gasteiger partial charge in [0.05, 0.1) is 19.3 Å². The van der Waals surface area contributed by atoms with Crippen LogP contribution in [0.15, 0.2) is 0 Å². The van der Waals surface area contributed by atoms with Crippen LogP contribution in [0.3, 0.4) is 0 Å². The number of morpholine rings is 1. The van der Waals surface area contributed by atoms with Crippen LogP contribution in [0.2, 0.25) is 0 Å². The lowest BCUT2D eigenvalue weighted by Gasteiger charge is -2.33. The maximum atomic E-state index is 10.5. The largest absolute Gasteiger partial charge is 0.390 e. The second-order valence-electron chi connectivity index (χ2n) is 7.26. The molecule has 1 saturated heterocycles. The molecule has 4 heteroatoms. The molecular weight excluding hydrogens is 264 g/mol. The molecule has 1 N–H and O–H groups in total. The summed E-state index contributed by atoms with van der Waals surface area (Å²) in [6.07, 6.45) is 9.56. The summed E-state index contributed by atoms with van der Waals surface area (Å²) in [5, 5.41) is 10.5. The Bertz CT molecular complexity index is 297. The maximum Gasteiger partial charge on any atom is 0.0793 e. The average Bonchev–Trinajstić information content (AvgIpc) is 3.33. The molecule has 0 aromatic rings. The van der Waals surface area contributed by atoms with E-state index in [9.17, 15) is 5.11 Å². The first-order chi connectivity index (χ1) is 10.3. The minimum absolute atomic E-state index is 0.202. The third-order valence-corrected chi connectivity index (χ3v) is 5.30. The van der Waals surface area contributed by atoms with E-state index in [2.05, 4.69) is 9.80 Å². The first kappa shape index (κ1) is 15.7. The summed E-state index contributed by atoms with van der Waals surface area (Å²) in [6.45, 7) is 6.51. The zero-order valence-corrected chi connectivity index (χ0v) is 13.4. The maximum absolute atomic E-state index is 10.5. The van der Waals surface area contributed by atoms with Gasteiger partial charge < -0.3 is 9.84 Å². The first-order valence-electron chi connectivity index (χ1n) is 9.03. The molecule has 0 amide bonds. The van der Waals surface area contributed by atoms with Crippen molar-refractivity contribution in [3.05, 3.63) is 0 Å². The molecule has 4 nitrogen and oxygen atoms in total. The van der Waals surface area contributed by atoms with E-state index in [0.29, 0.717) is 0 Å². The Morgan fingerprint density at radius 2 is 1.76 bits per heavy atom. The summed E-state index contributed by atoms with van der Waals surface area (Å²) in [6, 6.07) is 0.770. The molecule has 1 atom stereocenters. The fourth-order valence-electron chi connectivity index (χ4n) is 3.92. The fourth-order valence-corrected chi connectivity index (χ4v) is 3.92. The van der Waals surface area contributed by atoms with Gasteiger partial charge in [-0.1, -0.05) is 19.3 Å². The predicted octanol–water partition coefficient (Wildman–Crippen LogP) is 1.72. The third kappa shape index (κ3) is 5.20. The van der Waals surface area contributed by atoms with Gasteiger partial charge in [0, 0.05) is 38.8 Å². The van der Waals surface area contributed by atoms with Crippen LogP contribution in [0.1, 0.15) is 44.9 Å². The van der Waals surface area contributed by atoms with E-state index >= 15 is 0 Å². The lowest BCUT2D eigenvalue weighted by Crippen LogP contribution is -2.46. The summed E-state index contributed by atoms with van der Waals surface area (Å²) in [5.41, 5.74) is 0. The number of aliphatic hydroxyl groups is 1. The highest BCUT2D eigenvalue weighted by Gasteiger charge is 2.32. The molecule has 1 unspecified atom stereocenters. The minimum Gasteiger partial charge on any atom is -0.390 e. The quantitative estimate of drug-likeness (QED) is 0.776. The number of aliphatic hydroxyl groups excluding tert-OH is 1. The van der Waals surface area contributed by atoms with Gasteiger partial charge in [-0.05, 0) is 31.6 Å². The van der Waals surface area contributed by atoms with Gasteiger partial charge in [0.1, 0.15) is 0 Å². The molecule has 2 aliphatic carbocycles. The van der Waals surface area contributed by atoms with Crippen LogP contribution in [0.25, 0.3) is 0 Å². The topological polar surface area (TPSA) is 35.9 Å². The molecular formula is C17H32N2O2. The Hall–Kier alpha value is -0.160. The molecule has 0 spiro atoms. The van der Waals surface area contributed by atoms with Crippen LogP contribution in [-0.4, -0.2) is 73.0 Å². The fraction of sp³-hybridized carbons (Fsp3) is 1.00. The van der Waals surface area contributed by atoms with Crippen LogP contribution in [-0.2, 0) is 4.74 Å². The standard InChI is InChI=1S/C17H32N2O2/c20-17(13-18-8-10-21-11-9-18)14-19(16-6-7-16)12-15-4-2-1-3-5-15/h15-17,20H,1-14H2. The second kappa shape index (κ2) is 7.91. The molecule has 0 radical (unpaired) electrons. The van der Waals surface area contributed by atoms with E-state index < -0.39 is 0 Å². The number of rotatable bonds is 7. The van der Waals surface area contributed by atoms with Crippen molar-refractivity contribution in [1.29, 1.82) is 0 Å². The van der Waals surface area contributed by atoms with E-state index in [1.54, 1.807) is 0 Å². The van der Waals surface area contributed by atoms with Crippen molar-refractivity contribution < 1.29 is 9.84 Å². The predicted molar refractivity (Wildman–Crippen MR) is 84.4 cm³/mol. The molecule has 3 fully saturated rings. The van der Waals surface area contributed by atoms with Gasteiger partial charge in [-0.2, -0.15) is 0 Å². The first-order valence-corrected chi connectivity index (χ1v) is 9.03. The second-order valence-corrected chi connectivity index (χ2v) is 7.26.